The number of carbonyl (C=O) groups excluding carboxylic acids is 1. The van der Waals surface area contributed by atoms with E-state index in [4.69, 9.17) is 16.7 Å². The van der Waals surface area contributed by atoms with Crippen LogP contribution in [0.3, 0.4) is 0 Å². The van der Waals surface area contributed by atoms with Crippen molar-refractivity contribution in [2.45, 2.75) is 33.1 Å². The Morgan fingerprint density at radius 1 is 1.33 bits per heavy atom. The summed E-state index contributed by atoms with van der Waals surface area (Å²) >= 11 is 5.85. The fraction of sp³-hybridized carbons (Fsp3) is 0.500. The average Bonchev–Trinajstić information content (AvgIpc) is 2.76. The first-order valence-corrected chi connectivity index (χ1v) is 7.48. The summed E-state index contributed by atoms with van der Waals surface area (Å²) in [5.41, 5.74) is 0.495. The molecular weight excluding hydrogens is 290 g/mol. The number of carboxylic acid groups (broad SMARTS) is 1. The Balaban J connectivity index is 2.29. The van der Waals surface area contributed by atoms with Crippen molar-refractivity contribution in [2.75, 3.05) is 11.4 Å². The number of hydrogen-bond acceptors (Lipinski definition) is 2. The molecule has 0 bridgehead atoms. The summed E-state index contributed by atoms with van der Waals surface area (Å²) in [5, 5.41) is 9.66. The monoisotopic (exact) mass is 309 g/mol. The molecule has 2 rings (SSSR count). The van der Waals surface area contributed by atoms with E-state index in [2.05, 4.69) is 13.8 Å². The summed E-state index contributed by atoms with van der Waals surface area (Å²) in [6.07, 6.45) is 2.81. The van der Waals surface area contributed by atoms with Crippen LogP contribution in [0.25, 0.3) is 0 Å². The number of nitrogens with zero attached hydrogens (tertiary/aromatic N) is 1. The van der Waals surface area contributed by atoms with E-state index in [9.17, 15) is 9.59 Å². The predicted octanol–water partition coefficient (Wildman–Crippen LogP) is 3.58. The number of aliphatic carboxylic acids is 1. The summed E-state index contributed by atoms with van der Waals surface area (Å²) in [7, 11) is 0. The van der Waals surface area contributed by atoms with Crippen LogP contribution in [0.1, 0.15) is 33.1 Å². The Morgan fingerprint density at radius 2 is 1.95 bits per heavy atom. The van der Waals surface area contributed by atoms with E-state index in [0.717, 1.165) is 19.3 Å². The van der Waals surface area contributed by atoms with Gasteiger partial charge < -0.3 is 10.0 Å². The molecule has 114 valence electrons. The van der Waals surface area contributed by atoms with Gasteiger partial charge in [-0.05, 0) is 42.5 Å². The second-order valence-electron chi connectivity index (χ2n) is 6.23. The lowest BCUT2D eigenvalue weighted by atomic mass is 9.81. The molecule has 1 aromatic rings. The van der Waals surface area contributed by atoms with Crippen LogP contribution in [0.4, 0.5) is 5.69 Å². The number of rotatable bonds is 4. The number of carbonyl (C=O) groups is 2. The lowest BCUT2D eigenvalue weighted by molar-refractivity contribution is -0.137. The van der Waals surface area contributed by atoms with Gasteiger partial charge in [0.05, 0.1) is 0 Å². The van der Waals surface area contributed by atoms with Gasteiger partial charge >= 0.3 is 5.97 Å². The van der Waals surface area contributed by atoms with Gasteiger partial charge in [0.2, 0.25) is 5.91 Å². The predicted molar refractivity (Wildman–Crippen MR) is 82.6 cm³/mol. The van der Waals surface area contributed by atoms with Crippen LogP contribution in [0.2, 0.25) is 5.02 Å². The first-order chi connectivity index (χ1) is 9.81. The molecule has 0 aliphatic heterocycles. The average molecular weight is 310 g/mol. The highest BCUT2D eigenvalue weighted by molar-refractivity contribution is 6.30. The van der Waals surface area contributed by atoms with E-state index in [0.29, 0.717) is 10.7 Å². The van der Waals surface area contributed by atoms with Crippen molar-refractivity contribution >= 4 is 29.2 Å². The van der Waals surface area contributed by atoms with Gasteiger partial charge in [-0.3, -0.25) is 9.59 Å². The molecular formula is C16H20ClNO3. The van der Waals surface area contributed by atoms with Gasteiger partial charge in [0, 0.05) is 16.6 Å². The summed E-state index contributed by atoms with van der Waals surface area (Å²) < 4.78 is 0. The van der Waals surface area contributed by atoms with E-state index < -0.39 is 5.97 Å². The van der Waals surface area contributed by atoms with E-state index in [1.807, 2.05) is 0 Å². The lowest BCUT2D eigenvalue weighted by Gasteiger charge is -2.31. The van der Waals surface area contributed by atoms with Gasteiger partial charge in [-0.15, -0.1) is 0 Å². The normalized spacial score (nSPS) is 20.2. The third-order valence-electron chi connectivity index (χ3n) is 4.25. The Kier molecular flexibility index (Phi) is 4.57. The fourth-order valence-electron chi connectivity index (χ4n) is 3.03. The van der Waals surface area contributed by atoms with Crippen molar-refractivity contribution in [1.29, 1.82) is 0 Å². The van der Waals surface area contributed by atoms with Crippen LogP contribution < -0.4 is 4.90 Å². The van der Waals surface area contributed by atoms with Crippen molar-refractivity contribution in [2.24, 2.45) is 11.3 Å². The maximum Gasteiger partial charge on any atom is 0.323 e. The zero-order valence-electron chi connectivity index (χ0n) is 12.3. The first-order valence-electron chi connectivity index (χ1n) is 7.10. The van der Waals surface area contributed by atoms with Crippen LogP contribution in [0, 0.1) is 11.3 Å². The molecule has 21 heavy (non-hydrogen) atoms. The van der Waals surface area contributed by atoms with E-state index in [1.54, 1.807) is 24.3 Å². The Bertz CT molecular complexity index is 539. The molecule has 1 saturated carbocycles. The fourth-order valence-corrected chi connectivity index (χ4v) is 3.15. The molecule has 0 heterocycles. The second kappa shape index (κ2) is 6.06. The van der Waals surface area contributed by atoms with Gasteiger partial charge in [0.25, 0.3) is 0 Å². The van der Waals surface area contributed by atoms with Crippen LogP contribution in [0.5, 0.6) is 0 Å². The maximum absolute atomic E-state index is 12.8. The molecule has 1 amide bonds. The number of halogens is 1. The molecule has 1 aliphatic rings. The highest BCUT2D eigenvalue weighted by Crippen LogP contribution is 2.43. The SMILES string of the molecule is CC1(C)CCCC1C(=O)N(CC(=O)O)c1ccc(Cl)cc1. The Morgan fingerprint density at radius 3 is 2.43 bits per heavy atom. The van der Waals surface area contributed by atoms with E-state index in [-0.39, 0.29) is 23.8 Å². The van der Waals surface area contributed by atoms with Gasteiger partial charge in [-0.25, -0.2) is 0 Å². The molecule has 1 N–H and O–H groups in total. The van der Waals surface area contributed by atoms with Gasteiger partial charge in [-0.2, -0.15) is 0 Å². The third-order valence-corrected chi connectivity index (χ3v) is 4.51. The standard InChI is InChI=1S/C16H20ClNO3/c1-16(2)9-3-4-13(16)15(21)18(10-14(19)20)12-7-5-11(17)6-8-12/h5-8,13H,3-4,9-10H2,1-2H3,(H,19,20). The van der Waals surface area contributed by atoms with Gasteiger partial charge in [0.1, 0.15) is 6.54 Å². The van der Waals surface area contributed by atoms with Crippen molar-refractivity contribution in [3.8, 4) is 0 Å². The van der Waals surface area contributed by atoms with Gasteiger partial charge in [0.15, 0.2) is 0 Å². The topological polar surface area (TPSA) is 57.6 Å². The zero-order chi connectivity index (χ0) is 15.6. The number of hydrogen-bond donors (Lipinski definition) is 1. The molecule has 0 spiro atoms. The third kappa shape index (κ3) is 3.56. The van der Waals surface area contributed by atoms with E-state index >= 15 is 0 Å². The number of amides is 1. The summed E-state index contributed by atoms with van der Waals surface area (Å²) in [5.74, 6) is -1.26. The molecule has 1 aromatic carbocycles. The summed E-state index contributed by atoms with van der Waals surface area (Å²) in [6, 6.07) is 6.70. The Hall–Kier alpha value is -1.55. The van der Waals surface area contributed by atoms with Crippen molar-refractivity contribution in [1.82, 2.24) is 0 Å². The number of carboxylic acids is 1. The maximum atomic E-state index is 12.8. The van der Waals surface area contributed by atoms with Crippen molar-refractivity contribution in [3.05, 3.63) is 29.3 Å². The summed E-state index contributed by atoms with van der Waals surface area (Å²) in [4.78, 5) is 25.3. The zero-order valence-corrected chi connectivity index (χ0v) is 13.1. The molecule has 1 unspecified atom stereocenters. The molecule has 5 heteroatoms. The minimum absolute atomic E-state index is 0.0831. The number of anilines is 1. The molecule has 0 saturated heterocycles. The highest BCUT2D eigenvalue weighted by atomic mass is 35.5. The van der Waals surface area contributed by atoms with Gasteiger partial charge in [-0.1, -0.05) is 31.9 Å². The molecule has 0 radical (unpaired) electrons. The highest BCUT2D eigenvalue weighted by Gasteiger charge is 2.41. The summed E-state index contributed by atoms with van der Waals surface area (Å²) in [6.45, 7) is 3.82. The smallest absolute Gasteiger partial charge is 0.323 e. The Labute approximate surface area is 129 Å². The lowest BCUT2D eigenvalue weighted by Crippen LogP contribution is -2.42. The van der Waals surface area contributed by atoms with E-state index in [1.165, 1.54) is 4.90 Å². The first kappa shape index (κ1) is 15.8. The quantitative estimate of drug-likeness (QED) is 0.924. The molecule has 1 aliphatic carbocycles. The van der Waals surface area contributed by atoms with Crippen LogP contribution in [-0.4, -0.2) is 23.5 Å². The molecule has 1 atom stereocenters. The van der Waals surface area contributed by atoms with Crippen LogP contribution >= 0.6 is 11.6 Å². The second-order valence-corrected chi connectivity index (χ2v) is 6.66. The molecule has 0 aromatic heterocycles. The van der Waals surface area contributed by atoms with Crippen LogP contribution in [0.15, 0.2) is 24.3 Å². The number of benzene rings is 1. The largest absolute Gasteiger partial charge is 0.480 e. The molecule has 4 nitrogen and oxygen atoms in total. The molecule has 1 fully saturated rings. The van der Waals surface area contributed by atoms with Crippen LogP contribution in [-0.2, 0) is 9.59 Å². The minimum atomic E-state index is -1.02. The van der Waals surface area contributed by atoms with Crippen molar-refractivity contribution in [3.63, 3.8) is 0 Å². The van der Waals surface area contributed by atoms with Crippen molar-refractivity contribution < 1.29 is 14.7 Å². The minimum Gasteiger partial charge on any atom is -0.480 e.